The fraction of sp³-hybridized carbons (Fsp3) is 0.320. The van der Waals surface area contributed by atoms with E-state index in [1.54, 1.807) is 36.4 Å². The predicted molar refractivity (Wildman–Crippen MR) is 136 cm³/mol. The van der Waals surface area contributed by atoms with Gasteiger partial charge in [0.25, 0.3) is 5.91 Å². The lowest BCUT2D eigenvalue weighted by Crippen LogP contribution is -2.36. The summed E-state index contributed by atoms with van der Waals surface area (Å²) >= 11 is 2.04. The van der Waals surface area contributed by atoms with E-state index in [0.29, 0.717) is 34.8 Å². The first-order chi connectivity index (χ1) is 16.8. The summed E-state index contributed by atoms with van der Waals surface area (Å²) in [5, 5.41) is 11.7. The summed E-state index contributed by atoms with van der Waals surface area (Å²) in [5.41, 5.74) is 1.46. The maximum atomic E-state index is 14.5. The lowest BCUT2D eigenvalue weighted by Gasteiger charge is -2.25. The number of amides is 3. The van der Waals surface area contributed by atoms with E-state index in [1.165, 1.54) is 17.2 Å². The number of benzene rings is 2. The van der Waals surface area contributed by atoms with Crippen LogP contribution in [-0.2, 0) is 4.79 Å². The number of carbonyl (C=O) groups excluding carboxylic acids is 2. The van der Waals surface area contributed by atoms with Crippen LogP contribution >= 0.6 is 22.6 Å². The van der Waals surface area contributed by atoms with Gasteiger partial charge < -0.3 is 20.1 Å². The molecular weight excluding hydrogens is 566 g/mol. The lowest BCUT2D eigenvalue weighted by molar-refractivity contribution is -0.129. The third-order valence-electron chi connectivity index (χ3n) is 5.68. The molecule has 3 N–H and O–H groups in total. The summed E-state index contributed by atoms with van der Waals surface area (Å²) in [7, 11) is 0. The first kappa shape index (κ1) is 25.1. The van der Waals surface area contributed by atoms with E-state index in [0.717, 1.165) is 3.57 Å². The smallest absolute Gasteiger partial charge is 0.325 e. The lowest BCUT2D eigenvalue weighted by atomic mass is 10.0. The number of ether oxygens (including phenoxy) is 1. The van der Waals surface area contributed by atoms with Gasteiger partial charge >= 0.3 is 6.03 Å². The van der Waals surface area contributed by atoms with E-state index in [1.807, 2.05) is 36.4 Å². The van der Waals surface area contributed by atoms with Crippen molar-refractivity contribution in [2.24, 2.45) is 5.92 Å². The van der Waals surface area contributed by atoms with Gasteiger partial charge in [-0.15, -0.1) is 0 Å². The molecule has 1 saturated heterocycles. The van der Waals surface area contributed by atoms with Crippen LogP contribution in [0.1, 0.15) is 43.7 Å². The Morgan fingerprint density at radius 1 is 1.20 bits per heavy atom. The van der Waals surface area contributed by atoms with Crippen LogP contribution in [0.3, 0.4) is 0 Å². The minimum absolute atomic E-state index is 0.101. The second kappa shape index (κ2) is 10.7. The standard InChI is InChI=1S/C25H26FIN4O4/c1-14(2)11-21(23-28-13-20(29-23)18-8-5-16(27)12-19(18)26)31-24(33)22(30-25(31)34)15-3-6-17(7-4-15)35-10-9-32/h3-8,12-14,21-22,32H,9-11H2,1-2H3,(H,28,29)(H,30,34)/t21-,22+/m0/s1. The number of imide groups is 1. The number of rotatable bonds is 9. The van der Waals surface area contributed by atoms with Crippen molar-refractivity contribution in [2.75, 3.05) is 13.2 Å². The van der Waals surface area contributed by atoms with E-state index >= 15 is 0 Å². The Hall–Kier alpha value is -2.99. The molecule has 0 radical (unpaired) electrons. The molecule has 0 saturated carbocycles. The molecule has 1 aliphatic heterocycles. The zero-order chi connectivity index (χ0) is 25.1. The average Bonchev–Trinajstić information content (AvgIpc) is 3.41. The molecule has 1 aliphatic rings. The van der Waals surface area contributed by atoms with E-state index < -0.39 is 18.1 Å². The predicted octanol–water partition coefficient (Wildman–Crippen LogP) is 4.57. The molecule has 2 atom stereocenters. The molecular formula is C25H26FIN4O4. The Morgan fingerprint density at radius 2 is 1.94 bits per heavy atom. The molecule has 1 fully saturated rings. The molecule has 1 aromatic heterocycles. The molecule has 35 heavy (non-hydrogen) atoms. The maximum absolute atomic E-state index is 14.5. The van der Waals surface area contributed by atoms with Crippen molar-refractivity contribution in [1.82, 2.24) is 20.2 Å². The average molecular weight is 592 g/mol. The van der Waals surface area contributed by atoms with Gasteiger partial charge in [-0.05, 0) is 70.8 Å². The van der Waals surface area contributed by atoms with Gasteiger partial charge in [0.2, 0.25) is 0 Å². The van der Waals surface area contributed by atoms with Crippen LogP contribution in [-0.4, -0.2) is 45.1 Å². The third kappa shape index (κ3) is 5.48. The van der Waals surface area contributed by atoms with Crippen LogP contribution in [0.4, 0.5) is 9.18 Å². The molecule has 0 unspecified atom stereocenters. The summed E-state index contributed by atoms with van der Waals surface area (Å²) < 4.78 is 20.7. The highest BCUT2D eigenvalue weighted by atomic mass is 127. The van der Waals surface area contributed by atoms with Crippen molar-refractivity contribution in [3.63, 3.8) is 0 Å². The number of nitrogens with zero attached hydrogens (tertiary/aromatic N) is 2. The zero-order valence-electron chi connectivity index (χ0n) is 19.3. The van der Waals surface area contributed by atoms with Crippen LogP contribution in [0, 0.1) is 15.3 Å². The number of nitrogens with one attached hydrogen (secondary N) is 2. The van der Waals surface area contributed by atoms with Crippen LogP contribution in [0.5, 0.6) is 5.75 Å². The number of hydrogen-bond acceptors (Lipinski definition) is 5. The number of aromatic nitrogens is 2. The quantitative estimate of drug-likeness (QED) is 0.249. The van der Waals surface area contributed by atoms with Crippen molar-refractivity contribution in [3.05, 3.63) is 69.4 Å². The van der Waals surface area contributed by atoms with Crippen molar-refractivity contribution >= 4 is 34.5 Å². The van der Waals surface area contributed by atoms with Crippen molar-refractivity contribution < 1.29 is 23.8 Å². The summed E-state index contributed by atoms with van der Waals surface area (Å²) in [6, 6.07) is 9.71. The topological polar surface area (TPSA) is 108 Å². The SMILES string of the molecule is CC(C)C[C@@H](c1ncc(-c2ccc(I)cc2F)[nH]1)N1C(=O)N[C@H](c2ccc(OCCO)cc2)C1=O. The number of urea groups is 1. The highest BCUT2D eigenvalue weighted by molar-refractivity contribution is 14.1. The van der Waals surface area contributed by atoms with Gasteiger partial charge in [-0.25, -0.2) is 14.2 Å². The molecule has 8 nitrogen and oxygen atoms in total. The second-order valence-electron chi connectivity index (χ2n) is 8.68. The van der Waals surface area contributed by atoms with E-state index in [-0.39, 0.29) is 30.9 Å². The fourth-order valence-corrected chi connectivity index (χ4v) is 4.52. The number of aliphatic hydroxyl groups is 1. The van der Waals surface area contributed by atoms with Crippen LogP contribution in [0.25, 0.3) is 11.3 Å². The Morgan fingerprint density at radius 3 is 2.60 bits per heavy atom. The molecule has 0 spiro atoms. The summed E-state index contributed by atoms with van der Waals surface area (Å²) in [6.07, 6.45) is 2.01. The van der Waals surface area contributed by atoms with E-state index in [2.05, 4.69) is 15.3 Å². The van der Waals surface area contributed by atoms with Gasteiger partial charge in [0.05, 0.1) is 24.5 Å². The van der Waals surface area contributed by atoms with Gasteiger partial charge in [0, 0.05) is 9.13 Å². The maximum Gasteiger partial charge on any atom is 0.325 e. The molecule has 0 bridgehead atoms. The van der Waals surface area contributed by atoms with Gasteiger partial charge in [-0.1, -0.05) is 26.0 Å². The highest BCUT2D eigenvalue weighted by Gasteiger charge is 2.44. The zero-order valence-corrected chi connectivity index (χ0v) is 21.5. The van der Waals surface area contributed by atoms with Crippen LogP contribution in [0.15, 0.2) is 48.7 Å². The molecule has 2 aromatic carbocycles. The minimum Gasteiger partial charge on any atom is -0.491 e. The summed E-state index contributed by atoms with van der Waals surface area (Å²) in [6.45, 7) is 4.06. The minimum atomic E-state index is -0.841. The van der Waals surface area contributed by atoms with Gasteiger partial charge in [-0.2, -0.15) is 0 Å². The number of carbonyl (C=O) groups is 2. The Bertz CT molecular complexity index is 1210. The molecule has 10 heteroatoms. The number of aromatic amines is 1. The normalized spacial score (nSPS) is 16.6. The molecule has 184 valence electrons. The summed E-state index contributed by atoms with van der Waals surface area (Å²) in [5.74, 6) is 0.367. The largest absolute Gasteiger partial charge is 0.491 e. The fourth-order valence-electron chi connectivity index (χ4n) is 4.07. The Kier molecular flexibility index (Phi) is 7.70. The third-order valence-corrected chi connectivity index (χ3v) is 6.35. The number of hydrogen-bond donors (Lipinski definition) is 3. The van der Waals surface area contributed by atoms with Crippen LogP contribution in [0.2, 0.25) is 0 Å². The van der Waals surface area contributed by atoms with Crippen molar-refractivity contribution in [3.8, 4) is 17.0 Å². The number of aliphatic hydroxyl groups excluding tert-OH is 1. The van der Waals surface area contributed by atoms with Crippen molar-refractivity contribution in [2.45, 2.75) is 32.4 Å². The molecule has 2 heterocycles. The van der Waals surface area contributed by atoms with E-state index in [4.69, 9.17) is 9.84 Å². The first-order valence-corrected chi connectivity index (χ1v) is 12.3. The molecule has 4 rings (SSSR count). The molecule has 3 amide bonds. The molecule has 3 aromatic rings. The summed E-state index contributed by atoms with van der Waals surface area (Å²) in [4.78, 5) is 35.2. The van der Waals surface area contributed by atoms with Crippen LogP contribution < -0.4 is 10.1 Å². The molecule has 0 aliphatic carbocycles. The second-order valence-corrected chi connectivity index (χ2v) is 9.93. The first-order valence-electron chi connectivity index (χ1n) is 11.3. The van der Waals surface area contributed by atoms with Crippen molar-refractivity contribution in [1.29, 1.82) is 0 Å². The highest BCUT2D eigenvalue weighted by Crippen LogP contribution is 2.34. The van der Waals surface area contributed by atoms with E-state index in [9.17, 15) is 14.0 Å². The monoisotopic (exact) mass is 592 g/mol. The Labute approximate surface area is 216 Å². The van der Waals surface area contributed by atoms with Gasteiger partial charge in [-0.3, -0.25) is 9.69 Å². The number of imidazole rings is 1. The van der Waals surface area contributed by atoms with Gasteiger partial charge in [0.15, 0.2) is 0 Å². The number of halogens is 2. The van der Waals surface area contributed by atoms with Gasteiger partial charge in [0.1, 0.15) is 30.0 Å². The number of H-pyrrole nitrogens is 1. The Balaban J connectivity index is 1.60.